The molecule has 0 fully saturated rings. The number of aliphatic hydroxyl groups excluding tert-OH is 1. The number of aliphatic hydroxyl groups is 1. The topological polar surface area (TPSA) is 48.8 Å². The van der Waals surface area contributed by atoms with E-state index in [4.69, 9.17) is 4.74 Å². The summed E-state index contributed by atoms with van der Waals surface area (Å²) in [6.07, 6.45) is 3.00. The van der Waals surface area contributed by atoms with E-state index in [1.165, 1.54) is 11.1 Å². The molecular weight excluding hydrogens is 386 g/mol. The van der Waals surface area contributed by atoms with Crippen LogP contribution in [0, 0.1) is 0 Å². The van der Waals surface area contributed by atoms with E-state index in [1.54, 1.807) is 12.4 Å². The fourth-order valence-electron chi connectivity index (χ4n) is 3.73. The number of rotatable bonds is 12. The zero-order chi connectivity index (χ0) is 21.9. The van der Waals surface area contributed by atoms with Gasteiger partial charge in [0, 0.05) is 32.0 Å². The number of likely N-dealkylation sites (N-methyl/N-ethyl adjacent to an activating group) is 2. The average Bonchev–Trinajstić information content (AvgIpc) is 2.80. The van der Waals surface area contributed by atoms with Crippen molar-refractivity contribution in [2.24, 2.45) is 0 Å². The molecule has 0 aliphatic rings. The molecule has 0 saturated carbocycles. The van der Waals surface area contributed by atoms with E-state index in [-0.39, 0.29) is 6.04 Å². The number of pyridine rings is 1. The van der Waals surface area contributed by atoms with Gasteiger partial charge in [-0.3, -0.25) is 9.88 Å². The number of hydrogen-bond donors (Lipinski definition) is 1. The van der Waals surface area contributed by atoms with E-state index in [0.717, 1.165) is 18.7 Å². The minimum absolute atomic E-state index is 0.198. The number of benzene rings is 2. The maximum absolute atomic E-state index is 10.3. The summed E-state index contributed by atoms with van der Waals surface area (Å²) in [6.45, 7) is 3.09. The van der Waals surface area contributed by atoms with Crippen molar-refractivity contribution < 1.29 is 9.84 Å². The molecule has 3 aromatic rings. The Morgan fingerprint density at radius 1 is 0.871 bits per heavy atom. The molecule has 164 valence electrons. The predicted octanol–water partition coefficient (Wildman–Crippen LogP) is 3.61. The molecule has 0 saturated heterocycles. The van der Waals surface area contributed by atoms with Crippen LogP contribution in [0.4, 0.5) is 0 Å². The monoisotopic (exact) mass is 419 g/mol. The first-order chi connectivity index (χ1) is 15.1. The normalized spacial score (nSPS) is 12.6. The van der Waals surface area contributed by atoms with E-state index in [9.17, 15) is 5.11 Å². The van der Waals surface area contributed by atoms with Crippen LogP contribution in [-0.4, -0.2) is 66.3 Å². The second kappa shape index (κ2) is 12.3. The van der Waals surface area contributed by atoms with Crippen molar-refractivity contribution in [3.05, 3.63) is 102 Å². The molecule has 5 nitrogen and oxygen atoms in total. The number of ether oxygens (including phenoxy) is 1. The fraction of sp³-hybridized carbons (Fsp3) is 0.346. The SMILES string of the molecule is CN(CCN(C)C(c1ccccc1)c1ccccc1)CC(O)COCc1cccnc1. The number of nitrogens with zero attached hydrogens (tertiary/aromatic N) is 3. The molecule has 1 heterocycles. The van der Waals surface area contributed by atoms with Gasteiger partial charge in [-0.1, -0.05) is 66.7 Å². The molecule has 3 rings (SSSR count). The van der Waals surface area contributed by atoms with Crippen molar-refractivity contribution >= 4 is 0 Å². The van der Waals surface area contributed by atoms with Gasteiger partial charge in [-0.15, -0.1) is 0 Å². The summed E-state index contributed by atoms with van der Waals surface area (Å²) in [5.74, 6) is 0. The molecule has 1 unspecified atom stereocenters. The summed E-state index contributed by atoms with van der Waals surface area (Å²) < 4.78 is 5.63. The van der Waals surface area contributed by atoms with E-state index in [2.05, 4.69) is 82.5 Å². The molecule has 0 bridgehead atoms. The summed E-state index contributed by atoms with van der Waals surface area (Å²) in [7, 11) is 4.20. The Morgan fingerprint density at radius 3 is 2.10 bits per heavy atom. The maximum Gasteiger partial charge on any atom is 0.0900 e. The Bertz CT molecular complexity index is 822. The highest BCUT2D eigenvalue weighted by Gasteiger charge is 2.19. The van der Waals surface area contributed by atoms with Crippen LogP contribution < -0.4 is 0 Å². The Morgan fingerprint density at radius 2 is 1.52 bits per heavy atom. The molecule has 1 atom stereocenters. The van der Waals surface area contributed by atoms with Crippen LogP contribution in [0.25, 0.3) is 0 Å². The van der Waals surface area contributed by atoms with Crippen LogP contribution in [0.5, 0.6) is 0 Å². The van der Waals surface area contributed by atoms with Crippen LogP contribution in [0.1, 0.15) is 22.7 Å². The van der Waals surface area contributed by atoms with Gasteiger partial charge in [-0.2, -0.15) is 0 Å². The third kappa shape index (κ3) is 7.56. The molecule has 0 aliphatic heterocycles. The summed E-state index contributed by atoms with van der Waals surface area (Å²) in [4.78, 5) is 8.60. The number of hydrogen-bond acceptors (Lipinski definition) is 5. The smallest absolute Gasteiger partial charge is 0.0900 e. The second-order valence-electron chi connectivity index (χ2n) is 8.00. The fourth-order valence-corrected chi connectivity index (χ4v) is 3.73. The molecule has 1 N–H and O–H groups in total. The van der Waals surface area contributed by atoms with Crippen molar-refractivity contribution in [2.75, 3.05) is 40.3 Å². The van der Waals surface area contributed by atoms with Crippen LogP contribution in [0.15, 0.2) is 85.2 Å². The Kier molecular flexibility index (Phi) is 9.18. The summed E-state index contributed by atoms with van der Waals surface area (Å²) in [6, 6.07) is 25.2. The van der Waals surface area contributed by atoms with E-state index >= 15 is 0 Å². The van der Waals surface area contributed by atoms with Crippen molar-refractivity contribution in [2.45, 2.75) is 18.8 Å². The van der Waals surface area contributed by atoms with Crippen molar-refractivity contribution in [3.63, 3.8) is 0 Å². The van der Waals surface area contributed by atoms with Gasteiger partial charge >= 0.3 is 0 Å². The molecule has 2 aromatic carbocycles. The summed E-state index contributed by atoms with van der Waals surface area (Å²) in [5, 5.41) is 10.3. The van der Waals surface area contributed by atoms with Crippen LogP contribution in [0.3, 0.4) is 0 Å². The van der Waals surface area contributed by atoms with E-state index in [0.29, 0.717) is 19.8 Å². The summed E-state index contributed by atoms with van der Waals surface area (Å²) in [5.41, 5.74) is 3.57. The third-order valence-corrected chi connectivity index (χ3v) is 5.33. The van der Waals surface area contributed by atoms with Gasteiger partial charge in [0.05, 0.1) is 25.4 Å². The molecule has 0 aliphatic carbocycles. The largest absolute Gasteiger partial charge is 0.389 e. The zero-order valence-corrected chi connectivity index (χ0v) is 18.5. The quantitative estimate of drug-likeness (QED) is 0.486. The Hall–Kier alpha value is -2.57. The van der Waals surface area contributed by atoms with Gasteiger partial charge < -0.3 is 14.7 Å². The predicted molar refractivity (Wildman–Crippen MR) is 125 cm³/mol. The Balaban J connectivity index is 1.48. The van der Waals surface area contributed by atoms with Gasteiger partial charge in [-0.05, 0) is 36.9 Å². The lowest BCUT2D eigenvalue weighted by atomic mass is 9.97. The van der Waals surface area contributed by atoms with Gasteiger partial charge in [0.25, 0.3) is 0 Å². The first kappa shape index (κ1) is 23.1. The number of aromatic nitrogens is 1. The minimum atomic E-state index is -0.522. The molecular formula is C26H33N3O2. The van der Waals surface area contributed by atoms with E-state index < -0.39 is 6.10 Å². The molecule has 31 heavy (non-hydrogen) atoms. The van der Waals surface area contributed by atoms with Gasteiger partial charge in [-0.25, -0.2) is 0 Å². The molecule has 0 amide bonds. The van der Waals surface area contributed by atoms with Crippen molar-refractivity contribution in [3.8, 4) is 0 Å². The zero-order valence-electron chi connectivity index (χ0n) is 18.5. The standard InChI is InChI=1S/C26H33N3O2/c1-28(19-25(30)21-31-20-22-10-9-15-27-18-22)16-17-29(2)26(23-11-5-3-6-12-23)24-13-7-4-8-14-24/h3-15,18,25-26,30H,16-17,19-21H2,1-2H3. The molecule has 0 radical (unpaired) electrons. The van der Waals surface area contributed by atoms with Crippen LogP contribution >= 0.6 is 0 Å². The highest BCUT2D eigenvalue weighted by Crippen LogP contribution is 2.27. The van der Waals surface area contributed by atoms with Crippen molar-refractivity contribution in [1.29, 1.82) is 0 Å². The van der Waals surface area contributed by atoms with Gasteiger partial charge in [0.2, 0.25) is 0 Å². The first-order valence-electron chi connectivity index (χ1n) is 10.8. The third-order valence-electron chi connectivity index (χ3n) is 5.33. The van der Waals surface area contributed by atoms with Gasteiger partial charge in [0.1, 0.15) is 0 Å². The van der Waals surface area contributed by atoms with E-state index in [1.807, 2.05) is 19.2 Å². The molecule has 5 heteroatoms. The Labute approximate surface area is 185 Å². The first-order valence-corrected chi connectivity index (χ1v) is 10.8. The van der Waals surface area contributed by atoms with Gasteiger partial charge in [0.15, 0.2) is 0 Å². The van der Waals surface area contributed by atoms with Crippen LogP contribution in [-0.2, 0) is 11.3 Å². The minimum Gasteiger partial charge on any atom is -0.389 e. The van der Waals surface area contributed by atoms with Crippen LogP contribution in [0.2, 0.25) is 0 Å². The highest BCUT2D eigenvalue weighted by atomic mass is 16.5. The highest BCUT2D eigenvalue weighted by molar-refractivity contribution is 5.31. The molecule has 1 aromatic heterocycles. The lowest BCUT2D eigenvalue weighted by Gasteiger charge is -2.31. The molecule has 0 spiro atoms. The second-order valence-corrected chi connectivity index (χ2v) is 8.00. The summed E-state index contributed by atoms with van der Waals surface area (Å²) >= 11 is 0. The lowest BCUT2D eigenvalue weighted by molar-refractivity contribution is 0.0126. The average molecular weight is 420 g/mol. The van der Waals surface area contributed by atoms with Crippen molar-refractivity contribution in [1.82, 2.24) is 14.8 Å². The maximum atomic E-state index is 10.3. The lowest BCUT2D eigenvalue weighted by Crippen LogP contribution is -2.38.